The third-order valence-electron chi connectivity index (χ3n) is 4.22. The van der Waals surface area contributed by atoms with Gasteiger partial charge in [-0.3, -0.25) is 9.36 Å². The number of hydrogen-bond acceptors (Lipinski definition) is 5. The Bertz CT molecular complexity index is 1220. The molecule has 0 saturated heterocycles. The van der Waals surface area contributed by atoms with Crippen LogP contribution >= 0.6 is 11.6 Å². The van der Waals surface area contributed by atoms with Gasteiger partial charge < -0.3 is 4.84 Å². The Hall–Kier alpha value is -2.42. The van der Waals surface area contributed by atoms with E-state index in [0.29, 0.717) is 12.1 Å². The predicted molar refractivity (Wildman–Crippen MR) is 103 cm³/mol. The third kappa shape index (κ3) is 5.08. The fraction of sp³-hybridized carbons (Fsp3) is 0.375. The monoisotopic (exact) mass is 488 g/mol. The summed E-state index contributed by atoms with van der Waals surface area (Å²) in [6, 6.07) is 0.979. The molecule has 0 bridgehead atoms. The lowest BCUT2D eigenvalue weighted by Crippen LogP contribution is -2.43. The Labute approximate surface area is 178 Å². The molecule has 2 rings (SSSR count). The maximum atomic E-state index is 14.4. The van der Waals surface area contributed by atoms with Crippen LogP contribution in [0.4, 0.5) is 17.6 Å². The summed E-state index contributed by atoms with van der Waals surface area (Å²) in [6.45, 7) is 3.16. The molecule has 0 radical (unpaired) electrons. The van der Waals surface area contributed by atoms with Crippen LogP contribution in [0.15, 0.2) is 27.8 Å². The van der Waals surface area contributed by atoms with E-state index in [-0.39, 0.29) is 15.2 Å². The maximum Gasteiger partial charge on any atom is 0.431 e. The summed E-state index contributed by atoms with van der Waals surface area (Å²) in [7, 11) is -2.16. The van der Waals surface area contributed by atoms with E-state index in [4.69, 9.17) is 16.4 Å². The van der Waals surface area contributed by atoms with E-state index in [1.807, 2.05) is 0 Å². The highest BCUT2D eigenvalue weighted by molar-refractivity contribution is 7.87. The van der Waals surface area contributed by atoms with E-state index in [0.717, 1.165) is 11.4 Å². The summed E-state index contributed by atoms with van der Waals surface area (Å²) in [6.07, 6.45) is -5.00. The van der Waals surface area contributed by atoms with Crippen molar-refractivity contribution in [2.45, 2.75) is 26.1 Å². The SMILES string of the molecule is CC(C)N(C)S(=O)(=O)NOc1cc(-n2c(=O)cc(C(F)(F)F)n(C)c2=O)c(F)cc1Cl. The van der Waals surface area contributed by atoms with Crippen molar-refractivity contribution in [3.63, 3.8) is 0 Å². The summed E-state index contributed by atoms with van der Waals surface area (Å²) < 4.78 is 78.8. The lowest BCUT2D eigenvalue weighted by Gasteiger charge is -2.21. The van der Waals surface area contributed by atoms with Crippen molar-refractivity contribution in [2.24, 2.45) is 7.05 Å². The van der Waals surface area contributed by atoms with Crippen molar-refractivity contribution in [3.05, 3.63) is 55.6 Å². The molecule has 1 heterocycles. The number of rotatable bonds is 6. The van der Waals surface area contributed by atoms with Crippen molar-refractivity contribution in [1.82, 2.24) is 18.3 Å². The molecule has 0 atom stereocenters. The van der Waals surface area contributed by atoms with E-state index < -0.39 is 61.6 Å². The lowest BCUT2D eigenvalue weighted by atomic mass is 10.2. The topological polar surface area (TPSA) is 103 Å². The molecule has 31 heavy (non-hydrogen) atoms. The Morgan fingerprint density at radius 1 is 1.19 bits per heavy atom. The molecule has 0 aliphatic carbocycles. The van der Waals surface area contributed by atoms with Gasteiger partial charge in [0.2, 0.25) is 0 Å². The van der Waals surface area contributed by atoms with Crippen LogP contribution in [-0.4, -0.2) is 34.9 Å². The molecule has 0 fully saturated rings. The number of hydrogen-bond donors (Lipinski definition) is 1. The van der Waals surface area contributed by atoms with E-state index in [9.17, 15) is 35.6 Å². The molecular weight excluding hydrogens is 472 g/mol. The molecule has 0 aliphatic rings. The van der Waals surface area contributed by atoms with Crippen LogP contribution in [0.25, 0.3) is 5.69 Å². The molecule has 172 valence electrons. The second-order valence-corrected chi connectivity index (χ2v) is 8.68. The van der Waals surface area contributed by atoms with Gasteiger partial charge in [-0.1, -0.05) is 11.6 Å². The van der Waals surface area contributed by atoms with Crippen LogP contribution in [0.5, 0.6) is 5.75 Å². The fourth-order valence-corrected chi connectivity index (χ4v) is 3.38. The smallest absolute Gasteiger partial charge is 0.391 e. The molecule has 1 aromatic heterocycles. The molecule has 1 aromatic carbocycles. The first-order valence-corrected chi connectivity index (χ1v) is 10.2. The number of aromatic nitrogens is 2. The van der Waals surface area contributed by atoms with Crippen molar-refractivity contribution in [2.75, 3.05) is 7.05 Å². The minimum Gasteiger partial charge on any atom is -0.391 e. The van der Waals surface area contributed by atoms with Gasteiger partial charge in [0.15, 0.2) is 5.75 Å². The van der Waals surface area contributed by atoms with Gasteiger partial charge in [0.1, 0.15) is 11.5 Å². The van der Waals surface area contributed by atoms with Crippen molar-refractivity contribution in [1.29, 1.82) is 0 Å². The van der Waals surface area contributed by atoms with Gasteiger partial charge in [0.25, 0.3) is 5.56 Å². The van der Waals surface area contributed by atoms with Gasteiger partial charge in [-0.2, -0.15) is 25.9 Å². The molecule has 1 N–H and O–H groups in total. The molecule has 9 nitrogen and oxygen atoms in total. The van der Waals surface area contributed by atoms with Crippen LogP contribution in [0.3, 0.4) is 0 Å². The standard InChI is InChI=1S/C16H17ClF4N4O5S/c1-8(2)24(4)31(28,29)22-30-12-6-11(10(18)5-9(12)17)25-14(26)7-13(16(19,20)21)23(3)15(25)27/h5-8,22H,1-4H3. The zero-order valence-corrected chi connectivity index (χ0v) is 18.1. The first kappa shape index (κ1) is 24.8. The highest BCUT2D eigenvalue weighted by Crippen LogP contribution is 2.30. The Balaban J connectivity index is 2.58. The van der Waals surface area contributed by atoms with Crippen molar-refractivity contribution in [3.8, 4) is 11.4 Å². The quantitative estimate of drug-likeness (QED) is 0.493. The molecule has 0 spiro atoms. The summed E-state index contributed by atoms with van der Waals surface area (Å²) in [4.78, 5) is 31.2. The fourth-order valence-electron chi connectivity index (χ4n) is 2.32. The number of benzene rings is 1. The molecule has 0 amide bonds. The average molecular weight is 489 g/mol. The van der Waals surface area contributed by atoms with E-state index >= 15 is 0 Å². The number of nitrogens with zero attached hydrogens (tertiary/aromatic N) is 3. The second-order valence-electron chi connectivity index (χ2n) is 6.58. The Morgan fingerprint density at radius 3 is 2.29 bits per heavy atom. The number of alkyl halides is 3. The molecule has 15 heteroatoms. The second kappa shape index (κ2) is 8.61. The highest BCUT2D eigenvalue weighted by Gasteiger charge is 2.35. The molecule has 2 aromatic rings. The van der Waals surface area contributed by atoms with Crippen molar-refractivity contribution >= 4 is 21.8 Å². The lowest BCUT2D eigenvalue weighted by molar-refractivity contribution is -0.144. The molecule has 0 aliphatic heterocycles. The van der Waals surface area contributed by atoms with Crippen LogP contribution < -0.4 is 21.0 Å². The first-order valence-electron chi connectivity index (χ1n) is 8.39. The number of halogens is 5. The summed E-state index contributed by atoms with van der Waals surface area (Å²) in [5, 5.41) is -0.437. The van der Waals surface area contributed by atoms with Gasteiger partial charge in [0, 0.05) is 32.3 Å². The Kier molecular flexibility index (Phi) is 6.90. The van der Waals surface area contributed by atoms with E-state index in [1.54, 1.807) is 18.7 Å². The van der Waals surface area contributed by atoms with Crippen molar-refractivity contribution < 1.29 is 30.8 Å². The van der Waals surface area contributed by atoms with Gasteiger partial charge in [0.05, 0.1) is 10.7 Å². The van der Waals surface area contributed by atoms with Gasteiger partial charge >= 0.3 is 22.1 Å². The van der Waals surface area contributed by atoms with Gasteiger partial charge in [-0.15, -0.1) is 0 Å². The van der Waals surface area contributed by atoms with Crippen LogP contribution in [-0.2, 0) is 23.4 Å². The van der Waals surface area contributed by atoms with Crippen LogP contribution in [0, 0.1) is 5.82 Å². The zero-order chi connectivity index (χ0) is 23.9. The van der Waals surface area contributed by atoms with Crippen LogP contribution in [0.2, 0.25) is 5.02 Å². The summed E-state index contributed by atoms with van der Waals surface area (Å²) >= 11 is 5.82. The molecule has 0 saturated carbocycles. The minimum absolute atomic E-state index is 0.121. The minimum atomic E-state index is -5.00. The maximum absolute atomic E-state index is 14.4. The predicted octanol–water partition coefficient (Wildman–Crippen LogP) is 1.82. The van der Waals surface area contributed by atoms with Crippen LogP contribution in [0.1, 0.15) is 19.5 Å². The summed E-state index contributed by atoms with van der Waals surface area (Å²) in [5.74, 6) is -1.74. The van der Waals surface area contributed by atoms with Gasteiger partial charge in [-0.05, 0) is 24.8 Å². The third-order valence-corrected chi connectivity index (χ3v) is 5.99. The normalized spacial score (nSPS) is 12.6. The summed E-state index contributed by atoms with van der Waals surface area (Å²) in [5.41, 5.74) is -5.29. The number of nitrogens with one attached hydrogen (secondary N) is 1. The highest BCUT2D eigenvalue weighted by atomic mass is 35.5. The molecular formula is C16H17ClF4N4O5S. The van der Waals surface area contributed by atoms with Gasteiger partial charge in [-0.25, -0.2) is 13.8 Å². The zero-order valence-electron chi connectivity index (χ0n) is 16.5. The molecule has 0 unspecified atom stereocenters. The first-order chi connectivity index (χ1) is 14.1. The largest absolute Gasteiger partial charge is 0.431 e. The van der Waals surface area contributed by atoms with E-state index in [1.165, 1.54) is 7.05 Å². The Morgan fingerprint density at radius 2 is 1.77 bits per heavy atom. The van der Waals surface area contributed by atoms with E-state index in [2.05, 4.69) is 0 Å². The average Bonchev–Trinajstić information content (AvgIpc) is 2.63.